The number of rotatable bonds is 7. The molecule has 8 nitrogen and oxygen atoms in total. The number of ether oxygens (including phenoxy) is 2. The molecular formula is C23H20ClN5O3. The Morgan fingerprint density at radius 1 is 1.09 bits per heavy atom. The average Bonchev–Trinajstić information content (AvgIpc) is 3.28. The van der Waals surface area contributed by atoms with Crippen LogP contribution in [0.25, 0.3) is 16.9 Å². The fraction of sp³-hybridized carbons (Fsp3) is 0.130. The minimum Gasteiger partial charge on any atom is -0.497 e. The monoisotopic (exact) mass is 449 g/mol. The van der Waals surface area contributed by atoms with Crippen LogP contribution in [0.3, 0.4) is 0 Å². The molecule has 0 bridgehead atoms. The Bertz CT molecular complexity index is 1230. The highest BCUT2D eigenvalue weighted by atomic mass is 35.5. The van der Waals surface area contributed by atoms with Crippen molar-refractivity contribution in [1.29, 1.82) is 0 Å². The number of carbonyl (C=O) groups excluding carboxylic acids is 1. The molecule has 0 radical (unpaired) electrons. The van der Waals surface area contributed by atoms with Crippen LogP contribution in [0, 0.1) is 0 Å². The smallest absolute Gasteiger partial charge is 0.274 e. The molecule has 2 heterocycles. The van der Waals surface area contributed by atoms with E-state index >= 15 is 0 Å². The van der Waals surface area contributed by atoms with Crippen molar-refractivity contribution in [2.75, 3.05) is 14.2 Å². The Labute approximate surface area is 189 Å². The maximum Gasteiger partial charge on any atom is 0.274 e. The molecule has 0 fully saturated rings. The lowest BCUT2D eigenvalue weighted by molar-refractivity contribution is 0.0946. The maximum absolute atomic E-state index is 13.1. The quantitative estimate of drug-likeness (QED) is 0.459. The number of hydrogen-bond donors (Lipinski definition) is 1. The maximum atomic E-state index is 13.1. The first kappa shape index (κ1) is 21.3. The summed E-state index contributed by atoms with van der Waals surface area (Å²) < 4.78 is 12.2. The molecule has 1 amide bonds. The third-order valence-corrected chi connectivity index (χ3v) is 5.08. The van der Waals surface area contributed by atoms with Crippen LogP contribution in [0.2, 0.25) is 5.02 Å². The van der Waals surface area contributed by atoms with Crippen molar-refractivity contribution in [3.8, 4) is 28.4 Å². The minimum atomic E-state index is -0.373. The summed E-state index contributed by atoms with van der Waals surface area (Å²) in [4.78, 5) is 17.3. The number of pyridine rings is 1. The van der Waals surface area contributed by atoms with Crippen molar-refractivity contribution in [1.82, 2.24) is 25.3 Å². The van der Waals surface area contributed by atoms with Gasteiger partial charge in [0.15, 0.2) is 5.69 Å². The lowest BCUT2D eigenvalue weighted by Crippen LogP contribution is -2.24. The molecule has 0 aliphatic rings. The summed E-state index contributed by atoms with van der Waals surface area (Å²) in [6.07, 6.45) is 3.32. The van der Waals surface area contributed by atoms with Crippen molar-refractivity contribution in [2.24, 2.45) is 0 Å². The molecule has 2 aromatic heterocycles. The second-order valence-corrected chi connectivity index (χ2v) is 7.21. The fourth-order valence-corrected chi connectivity index (χ4v) is 3.34. The van der Waals surface area contributed by atoms with Crippen LogP contribution in [0.1, 0.15) is 16.1 Å². The fourth-order valence-electron chi connectivity index (χ4n) is 3.22. The molecule has 32 heavy (non-hydrogen) atoms. The zero-order valence-corrected chi connectivity index (χ0v) is 18.2. The number of methoxy groups -OCH3 is 2. The predicted molar refractivity (Wildman–Crippen MR) is 120 cm³/mol. The van der Waals surface area contributed by atoms with Crippen molar-refractivity contribution in [3.05, 3.63) is 83.3 Å². The second kappa shape index (κ2) is 9.49. The normalized spacial score (nSPS) is 10.6. The van der Waals surface area contributed by atoms with E-state index in [4.69, 9.17) is 21.1 Å². The first-order chi connectivity index (χ1) is 15.6. The topological polar surface area (TPSA) is 91.2 Å². The number of hydrogen-bond acceptors (Lipinski definition) is 6. The standard InChI is InChI=1S/C23H20ClN5O3/c1-31-19-10-5-15(20(12-19)32-2)14-26-23(30)21-22(16-4-3-11-25-13-16)29(28-27-21)18-8-6-17(24)7-9-18/h3-13H,14H2,1-2H3,(H,26,30). The molecule has 0 aliphatic heterocycles. The van der Waals surface area contributed by atoms with Crippen LogP contribution in [0.4, 0.5) is 0 Å². The molecule has 4 rings (SSSR count). The van der Waals surface area contributed by atoms with Gasteiger partial charge in [-0.25, -0.2) is 4.68 Å². The van der Waals surface area contributed by atoms with E-state index in [9.17, 15) is 4.79 Å². The molecule has 162 valence electrons. The summed E-state index contributed by atoms with van der Waals surface area (Å²) >= 11 is 6.02. The summed E-state index contributed by atoms with van der Waals surface area (Å²) in [5.41, 5.74) is 2.94. The van der Waals surface area contributed by atoms with Crippen molar-refractivity contribution in [3.63, 3.8) is 0 Å². The molecule has 4 aromatic rings. The molecule has 9 heteroatoms. The van der Waals surface area contributed by atoms with E-state index in [1.165, 1.54) is 0 Å². The van der Waals surface area contributed by atoms with E-state index < -0.39 is 0 Å². The molecule has 2 aromatic carbocycles. The van der Waals surface area contributed by atoms with Gasteiger partial charge in [0.2, 0.25) is 0 Å². The number of benzene rings is 2. The number of amides is 1. The Morgan fingerprint density at radius 2 is 1.91 bits per heavy atom. The molecule has 0 spiro atoms. The molecule has 0 unspecified atom stereocenters. The highest BCUT2D eigenvalue weighted by Gasteiger charge is 2.22. The van der Waals surface area contributed by atoms with Gasteiger partial charge >= 0.3 is 0 Å². The van der Waals surface area contributed by atoms with Gasteiger partial charge in [0, 0.05) is 41.2 Å². The summed E-state index contributed by atoms with van der Waals surface area (Å²) in [6, 6.07) is 16.2. The number of halogens is 1. The largest absolute Gasteiger partial charge is 0.497 e. The Hall–Kier alpha value is -3.91. The number of nitrogens with zero attached hydrogens (tertiary/aromatic N) is 4. The van der Waals surface area contributed by atoms with Crippen LogP contribution >= 0.6 is 11.6 Å². The van der Waals surface area contributed by atoms with E-state index in [1.54, 1.807) is 67.7 Å². The van der Waals surface area contributed by atoms with Gasteiger partial charge in [0.05, 0.1) is 19.9 Å². The third kappa shape index (κ3) is 4.40. The zero-order chi connectivity index (χ0) is 22.5. The van der Waals surface area contributed by atoms with Gasteiger partial charge in [0.25, 0.3) is 5.91 Å². The SMILES string of the molecule is COc1ccc(CNC(=O)c2nnn(-c3ccc(Cl)cc3)c2-c2cccnc2)c(OC)c1. The first-order valence-corrected chi connectivity index (χ1v) is 10.1. The van der Waals surface area contributed by atoms with Gasteiger partial charge in [0.1, 0.15) is 17.2 Å². The lowest BCUT2D eigenvalue weighted by Gasteiger charge is -2.12. The molecule has 0 saturated carbocycles. The van der Waals surface area contributed by atoms with Crippen LogP contribution in [-0.4, -0.2) is 40.1 Å². The molecule has 0 atom stereocenters. The first-order valence-electron chi connectivity index (χ1n) is 9.72. The van der Waals surface area contributed by atoms with E-state index in [0.717, 1.165) is 11.3 Å². The summed E-state index contributed by atoms with van der Waals surface area (Å²) in [6.45, 7) is 0.242. The number of carbonyl (C=O) groups is 1. The highest BCUT2D eigenvalue weighted by molar-refractivity contribution is 6.30. The summed E-state index contributed by atoms with van der Waals surface area (Å²) in [5.74, 6) is 0.908. The van der Waals surface area contributed by atoms with Crippen molar-refractivity contribution < 1.29 is 14.3 Å². The average molecular weight is 450 g/mol. The van der Waals surface area contributed by atoms with Gasteiger partial charge in [-0.15, -0.1) is 5.10 Å². The van der Waals surface area contributed by atoms with E-state index in [0.29, 0.717) is 27.8 Å². The van der Waals surface area contributed by atoms with Crippen LogP contribution in [0.5, 0.6) is 11.5 Å². The van der Waals surface area contributed by atoms with Crippen LogP contribution < -0.4 is 14.8 Å². The van der Waals surface area contributed by atoms with Crippen molar-refractivity contribution >= 4 is 17.5 Å². The Kier molecular flexibility index (Phi) is 6.32. The van der Waals surface area contributed by atoms with Gasteiger partial charge in [-0.05, 0) is 48.5 Å². The van der Waals surface area contributed by atoms with Crippen molar-refractivity contribution in [2.45, 2.75) is 6.54 Å². The Morgan fingerprint density at radius 3 is 2.59 bits per heavy atom. The summed E-state index contributed by atoms with van der Waals surface area (Å²) in [7, 11) is 3.15. The van der Waals surface area contributed by atoms with Gasteiger partial charge in [-0.3, -0.25) is 9.78 Å². The minimum absolute atomic E-state index is 0.181. The molecular weight excluding hydrogens is 430 g/mol. The third-order valence-electron chi connectivity index (χ3n) is 4.83. The molecule has 0 aliphatic carbocycles. The van der Waals surface area contributed by atoms with Gasteiger partial charge in [-0.2, -0.15) is 0 Å². The van der Waals surface area contributed by atoms with E-state index in [-0.39, 0.29) is 18.1 Å². The van der Waals surface area contributed by atoms with Crippen LogP contribution in [-0.2, 0) is 6.54 Å². The van der Waals surface area contributed by atoms with E-state index in [2.05, 4.69) is 20.6 Å². The predicted octanol–water partition coefficient (Wildman–Crippen LogP) is 3.93. The second-order valence-electron chi connectivity index (χ2n) is 6.78. The highest BCUT2D eigenvalue weighted by Crippen LogP contribution is 2.27. The molecule has 0 saturated heterocycles. The van der Waals surface area contributed by atoms with Gasteiger partial charge in [-0.1, -0.05) is 16.8 Å². The summed E-state index contributed by atoms with van der Waals surface area (Å²) in [5, 5.41) is 11.9. The number of aromatic nitrogens is 4. The number of nitrogens with one attached hydrogen (secondary N) is 1. The zero-order valence-electron chi connectivity index (χ0n) is 17.4. The van der Waals surface area contributed by atoms with E-state index in [1.807, 2.05) is 18.2 Å². The molecule has 1 N–H and O–H groups in total. The lowest BCUT2D eigenvalue weighted by atomic mass is 10.1. The van der Waals surface area contributed by atoms with Crippen LogP contribution in [0.15, 0.2) is 67.0 Å². The van der Waals surface area contributed by atoms with Gasteiger partial charge < -0.3 is 14.8 Å². The Balaban J connectivity index is 1.66.